The van der Waals surface area contributed by atoms with Crippen molar-refractivity contribution in [1.29, 1.82) is 0 Å². The van der Waals surface area contributed by atoms with Crippen LogP contribution in [0.3, 0.4) is 0 Å². The molecule has 1 aromatic heterocycles. The van der Waals surface area contributed by atoms with Gasteiger partial charge in [-0.05, 0) is 31.2 Å². The SMILES string of the molecule is COc1ccccc1N1CCN(C(=O)c2cccnc2C)CC1. The number of benzene rings is 1. The van der Waals surface area contributed by atoms with Gasteiger partial charge in [-0.1, -0.05) is 12.1 Å². The molecule has 1 amide bonds. The Morgan fingerprint density at radius 1 is 1.09 bits per heavy atom. The summed E-state index contributed by atoms with van der Waals surface area (Å²) in [5.41, 5.74) is 2.56. The zero-order valence-corrected chi connectivity index (χ0v) is 13.5. The molecule has 120 valence electrons. The molecule has 1 saturated heterocycles. The van der Waals surface area contributed by atoms with Gasteiger partial charge in [0.1, 0.15) is 5.75 Å². The summed E-state index contributed by atoms with van der Waals surface area (Å²) >= 11 is 0. The number of hydrogen-bond donors (Lipinski definition) is 0. The Kier molecular flexibility index (Phi) is 4.46. The van der Waals surface area contributed by atoms with Crippen molar-refractivity contribution in [2.75, 3.05) is 38.2 Å². The number of piperazine rings is 1. The molecule has 0 radical (unpaired) electrons. The quantitative estimate of drug-likeness (QED) is 0.873. The minimum absolute atomic E-state index is 0.0651. The van der Waals surface area contributed by atoms with Crippen molar-refractivity contribution in [2.24, 2.45) is 0 Å². The number of hydrogen-bond acceptors (Lipinski definition) is 4. The number of anilines is 1. The van der Waals surface area contributed by atoms with Crippen molar-refractivity contribution in [3.8, 4) is 5.75 Å². The highest BCUT2D eigenvalue weighted by Gasteiger charge is 2.24. The number of ether oxygens (including phenoxy) is 1. The molecule has 5 heteroatoms. The number of carbonyl (C=O) groups excluding carboxylic acids is 1. The van der Waals surface area contributed by atoms with Crippen molar-refractivity contribution in [3.63, 3.8) is 0 Å². The van der Waals surface area contributed by atoms with E-state index in [2.05, 4.69) is 16.0 Å². The second-order valence-electron chi connectivity index (χ2n) is 5.59. The largest absolute Gasteiger partial charge is 0.495 e. The lowest BCUT2D eigenvalue weighted by Crippen LogP contribution is -2.49. The van der Waals surface area contributed by atoms with Crippen LogP contribution in [0.15, 0.2) is 42.6 Å². The van der Waals surface area contributed by atoms with E-state index in [1.807, 2.05) is 42.2 Å². The number of aromatic nitrogens is 1. The maximum Gasteiger partial charge on any atom is 0.255 e. The number of rotatable bonds is 3. The molecule has 2 aromatic rings. The summed E-state index contributed by atoms with van der Waals surface area (Å²) in [5.74, 6) is 0.936. The van der Waals surface area contributed by atoms with Crippen LogP contribution in [-0.2, 0) is 0 Å². The molecule has 0 saturated carbocycles. The van der Waals surface area contributed by atoms with Gasteiger partial charge in [0.25, 0.3) is 5.91 Å². The number of para-hydroxylation sites is 2. The van der Waals surface area contributed by atoms with Gasteiger partial charge < -0.3 is 14.5 Å². The Morgan fingerprint density at radius 2 is 1.83 bits per heavy atom. The van der Waals surface area contributed by atoms with E-state index in [1.54, 1.807) is 13.3 Å². The van der Waals surface area contributed by atoms with Gasteiger partial charge in [-0.25, -0.2) is 0 Å². The van der Waals surface area contributed by atoms with Gasteiger partial charge in [0.2, 0.25) is 0 Å². The molecule has 1 aromatic carbocycles. The van der Waals surface area contributed by atoms with Gasteiger partial charge in [0.15, 0.2) is 0 Å². The number of nitrogens with zero attached hydrogens (tertiary/aromatic N) is 3. The molecule has 0 bridgehead atoms. The van der Waals surface area contributed by atoms with Crippen LogP contribution in [0.5, 0.6) is 5.75 Å². The Labute approximate surface area is 136 Å². The van der Waals surface area contributed by atoms with E-state index >= 15 is 0 Å². The van der Waals surface area contributed by atoms with Crippen molar-refractivity contribution < 1.29 is 9.53 Å². The maximum absolute atomic E-state index is 12.6. The summed E-state index contributed by atoms with van der Waals surface area (Å²) in [6, 6.07) is 11.7. The van der Waals surface area contributed by atoms with Crippen molar-refractivity contribution in [2.45, 2.75) is 6.92 Å². The highest BCUT2D eigenvalue weighted by atomic mass is 16.5. The smallest absolute Gasteiger partial charge is 0.255 e. The third-order valence-electron chi connectivity index (χ3n) is 4.23. The molecule has 0 unspecified atom stereocenters. The number of methoxy groups -OCH3 is 1. The topological polar surface area (TPSA) is 45.7 Å². The zero-order chi connectivity index (χ0) is 16.2. The first-order valence-electron chi connectivity index (χ1n) is 7.79. The lowest BCUT2D eigenvalue weighted by atomic mass is 10.1. The predicted molar refractivity (Wildman–Crippen MR) is 90.1 cm³/mol. The van der Waals surface area contributed by atoms with E-state index in [4.69, 9.17) is 4.74 Å². The van der Waals surface area contributed by atoms with Crippen LogP contribution in [0.25, 0.3) is 0 Å². The molecule has 5 nitrogen and oxygen atoms in total. The average molecular weight is 311 g/mol. The highest BCUT2D eigenvalue weighted by molar-refractivity contribution is 5.95. The van der Waals surface area contributed by atoms with E-state index in [-0.39, 0.29) is 5.91 Å². The first-order valence-corrected chi connectivity index (χ1v) is 7.79. The second-order valence-corrected chi connectivity index (χ2v) is 5.59. The van der Waals surface area contributed by atoms with Gasteiger partial charge in [-0.15, -0.1) is 0 Å². The van der Waals surface area contributed by atoms with E-state index in [0.29, 0.717) is 18.7 Å². The molecule has 2 heterocycles. The number of pyridine rings is 1. The Bertz CT molecular complexity index is 694. The van der Waals surface area contributed by atoms with E-state index in [9.17, 15) is 4.79 Å². The van der Waals surface area contributed by atoms with Crippen molar-refractivity contribution in [1.82, 2.24) is 9.88 Å². The van der Waals surface area contributed by atoms with Crippen LogP contribution in [0.1, 0.15) is 16.1 Å². The van der Waals surface area contributed by atoms with Gasteiger partial charge in [-0.3, -0.25) is 9.78 Å². The van der Waals surface area contributed by atoms with Crippen molar-refractivity contribution >= 4 is 11.6 Å². The van der Waals surface area contributed by atoms with Gasteiger partial charge in [0, 0.05) is 38.1 Å². The van der Waals surface area contributed by atoms with Crippen LogP contribution in [0, 0.1) is 6.92 Å². The number of aryl methyl sites for hydroxylation is 1. The summed E-state index contributed by atoms with van der Waals surface area (Å²) in [4.78, 5) is 21.0. The molecule has 0 N–H and O–H groups in total. The molecule has 0 atom stereocenters. The minimum Gasteiger partial charge on any atom is -0.495 e. The third-order valence-corrected chi connectivity index (χ3v) is 4.23. The van der Waals surface area contributed by atoms with Crippen LogP contribution < -0.4 is 9.64 Å². The van der Waals surface area contributed by atoms with Crippen LogP contribution >= 0.6 is 0 Å². The number of carbonyl (C=O) groups is 1. The fourth-order valence-corrected chi connectivity index (χ4v) is 2.92. The Morgan fingerprint density at radius 3 is 2.52 bits per heavy atom. The minimum atomic E-state index is 0.0651. The highest BCUT2D eigenvalue weighted by Crippen LogP contribution is 2.28. The van der Waals surface area contributed by atoms with Crippen LogP contribution in [-0.4, -0.2) is 49.1 Å². The fourth-order valence-electron chi connectivity index (χ4n) is 2.92. The molecule has 23 heavy (non-hydrogen) atoms. The fraction of sp³-hybridized carbons (Fsp3) is 0.333. The van der Waals surface area contributed by atoms with E-state index < -0.39 is 0 Å². The maximum atomic E-state index is 12.6. The second kappa shape index (κ2) is 6.69. The molecule has 1 aliphatic rings. The summed E-state index contributed by atoms with van der Waals surface area (Å²) in [6.45, 7) is 4.87. The van der Waals surface area contributed by atoms with E-state index in [0.717, 1.165) is 30.2 Å². The zero-order valence-electron chi connectivity index (χ0n) is 13.5. The predicted octanol–water partition coefficient (Wildman–Crippen LogP) is 2.36. The molecular weight excluding hydrogens is 290 g/mol. The summed E-state index contributed by atoms with van der Waals surface area (Å²) in [6.07, 6.45) is 1.71. The third kappa shape index (κ3) is 3.13. The molecule has 1 aliphatic heterocycles. The normalized spacial score (nSPS) is 14.7. The number of amides is 1. The summed E-state index contributed by atoms with van der Waals surface area (Å²) in [7, 11) is 1.68. The average Bonchev–Trinajstić information content (AvgIpc) is 2.61. The summed E-state index contributed by atoms with van der Waals surface area (Å²) in [5, 5.41) is 0. The first kappa shape index (κ1) is 15.3. The lowest BCUT2D eigenvalue weighted by Gasteiger charge is -2.36. The van der Waals surface area contributed by atoms with Crippen molar-refractivity contribution in [3.05, 3.63) is 53.9 Å². The van der Waals surface area contributed by atoms with Gasteiger partial charge in [0.05, 0.1) is 18.4 Å². The lowest BCUT2D eigenvalue weighted by molar-refractivity contribution is 0.0745. The molecule has 0 aliphatic carbocycles. The Balaban J connectivity index is 1.69. The Hall–Kier alpha value is -2.56. The summed E-state index contributed by atoms with van der Waals surface area (Å²) < 4.78 is 5.43. The van der Waals surface area contributed by atoms with Crippen LogP contribution in [0.2, 0.25) is 0 Å². The molecule has 1 fully saturated rings. The first-order chi connectivity index (χ1) is 11.2. The van der Waals surface area contributed by atoms with Crippen LogP contribution in [0.4, 0.5) is 5.69 Å². The van der Waals surface area contributed by atoms with Gasteiger partial charge >= 0.3 is 0 Å². The van der Waals surface area contributed by atoms with Gasteiger partial charge in [-0.2, -0.15) is 0 Å². The molecular formula is C18H21N3O2. The molecule has 3 rings (SSSR count). The monoisotopic (exact) mass is 311 g/mol. The standard InChI is InChI=1S/C18H21N3O2/c1-14-15(6-5-9-19-14)18(22)21-12-10-20(11-13-21)16-7-3-4-8-17(16)23-2/h3-9H,10-13H2,1-2H3. The molecule has 0 spiro atoms. The van der Waals surface area contributed by atoms with E-state index in [1.165, 1.54) is 0 Å².